The summed E-state index contributed by atoms with van der Waals surface area (Å²) in [5.74, 6) is -1.63. The molecule has 0 aliphatic heterocycles. The van der Waals surface area contributed by atoms with Crippen LogP contribution in [0.5, 0.6) is 12.0 Å². The Morgan fingerprint density at radius 3 is 1.28 bits per heavy atom. The lowest BCUT2D eigenvalue weighted by Gasteiger charge is -2.13. The van der Waals surface area contributed by atoms with E-state index in [4.69, 9.17) is 24.4 Å². The molecule has 0 bridgehead atoms. The third-order valence-electron chi connectivity index (χ3n) is 7.18. The zero-order valence-corrected chi connectivity index (χ0v) is 23.0. The van der Waals surface area contributed by atoms with Gasteiger partial charge in [0.05, 0.1) is 14.2 Å². The van der Waals surface area contributed by atoms with E-state index in [1.54, 1.807) is 24.3 Å². The first-order chi connectivity index (χ1) is 20.9. The zero-order valence-electron chi connectivity index (χ0n) is 23.0. The van der Waals surface area contributed by atoms with E-state index in [1.165, 1.54) is 26.4 Å². The molecule has 2 aromatic heterocycles. The molecule has 0 radical (unpaired) electrons. The summed E-state index contributed by atoms with van der Waals surface area (Å²) in [6.45, 7) is 0. The number of alkyl halides is 2. The van der Waals surface area contributed by atoms with Gasteiger partial charge in [0.1, 0.15) is 0 Å². The molecule has 0 unspecified atom stereocenters. The first kappa shape index (κ1) is 26.3. The van der Waals surface area contributed by atoms with Gasteiger partial charge in [-0.3, -0.25) is 0 Å². The summed E-state index contributed by atoms with van der Waals surface area (Å²) >= 11 is 0. The van der Waals surface area contributed by atoms with Gasteiger partial charge in [-0.2, -0.15) is 18.7 Å². The number of aromatic nitrogens is 6. The minimum Gasteiger partial charge on any atom is -0.467 e. The molecule has 10 heteroatoms. The summed E-state index contributed by atoms with van der Waals surface area (Å²) in [4.78, 5) is 26.8. The third-order valence-corrected chi connectivity index (χ3v) is 7.18. The van der Waals surface area contributed by atoms with Crippen LogP contribution < -0.4 is 9.47 Å². The van der Waals surface area contributed by atoms with Crippen LogP contribution >= 0.6 is 0 Å². The molecule has 210 valence electrons. The molecule has 1 aliphatic rings. The third kappa shape index (κ3) is 4.62. The Morgan fingerprint density at radius 1 is 0.465 bits per heavy atom. The van der Waals surface area contributed by atoms with Gasteiger partial charge >= 0.3 is 12.0 Å². The van der Waals surface area contributed by atoms with Crippen molar-refractivity contribution in [1.82, 2.24) is 29.9 Å². The normalized spacial score (nSPS) is 12.8. The Kier molecular flexibility index (Phi) is 6.31. The highest BCUT2D eigenvalue weighted by Crippen LogP contribution is 2.52. The monoisotopic (exact) mass is 572 g/mol. The van der Waals surface area contributed by atoms with Crippen molar-refractivity contribution in [2.75, 3.05) is 14.2 Å². The van der Waals surface area contributed by atoms with E-state index >= 15 is 8.78 Å². The van der Waals surface area contributed by atoms with Crippen molar-refractivity contribution < 1.29 is 18.3 Å². The number of nitrogens with zero attached hydrogens (tertiary/aromatic N) is 6. The van der Waals surface area contributed by atoms with Crippen molar-refractivity contribution in [3.05, 3.63) is 108 Å². The molecule has 0 amide bonds. The fraction of sp³-hybridized carbons (Fsp3) is 0.0909. The molecule has 0 saturated carbocycles. The lowest BCUT2D eigenvalue weighted by atomic mass is 10.0. The topological polar surface area (TPSA) is 95.8 Å². The van der Waals surface area contributed by atoms with Crippen molar-refractivity contribution in [1.29, 1.82) is 0 Å². The van der Waals surface area contributed by atoms with Crippen LogP contribution in [0, 0.1) is 0 Å². The molecule has 7 rings (SSSR count). The number of benzene rings is 4. The number of ether oxygens (including phenoxy) is 2. The van der Waals surface area contributed by atoms with Crippen LogP contribution in [0.1, 0.15) is 11.1 Å². The summed E-state index contributed by atoms with van der Waals surface area (Å²) in [5, 5.41) is 0. The van der Waals surface area contributed by atoms with Crippen LogP contribution in [-0.2, 0) is 5.92 Å². The summed E-state index contributed by atoms with van der Waals surface area (Å²) in [6.07, 6.45) is 0. The van der Waals surface area contributed by atoms with Gasteiger partial charge in [-0.25, -0.2) is 15.0 Å². The van der Waals surface area contributed by atoms with Crippen LogP contribution in [-0.4, -0.2) is 44.1 Å². The molecular weight excluding hydrogens is 550 g/mol. The maximum atomic E-state index is 15.7. The number of halogens is 2. The quantitative estimate of drug-likeness (QED) is 0.214. The Labute approximate surface area is 245 Å². The standard InChI is InChI=1S/C33H22F2N6O2/c1-42-31-39-30(40-32(41-31)43-2)22-14-16-26-24(18-22)23-17-21(13-15-25(23)33(26,34)35)29-37-27(19-9-5-3-6-10-19)36-28(38-29)20-11-7-4-8-12-20/h3-18H,1-2H3. The van der Waals surface area contributed by atoms with Crippen molar-refractivity contribution in [3.63, 3.8) is 0 Å². The highest BCUT2D eigenvalue weighted by molar-refractivity contribution is 5.85. The van der Waals surface area contributed by atoms with Crippen molar-refractivity contribution in [3.8, 4) is 68.7 Å². The molecule has 0 saturated heterocycles. The number of hydrogen-bond donors (Lipinski definition) is 0. The van der Waals surface area contributed by atoms with Gasteiger partial charge in [-0.1, -0.05) is 84.9 Å². The molecule has 1 aliphatic carbocycles. The Balaban J connectivity index is 1.38. The largest absolute Gasteiger partial charge is 0.467 e. The summed E-state index contributed by atoms with van der Waals surface area (Å²) < 4.78 is 41.7. The maximum Gasteiger partial charge on any atom is 0.322 e. The Hall–Kier alpha value is -5.64. The Morgan fingerprint density at radius 2 is 0.860 bits per heavy atom. The van der Waals surface area contributed by atoms with E-state index in [-0.39, 0.29) is 29.0 Å². The van der Waals surface area contributed by atoms with E-state index in [0.29, 0.717) is 39.7 Å². The zero-order chi connectivity index (χ0) is 29.6. The van der Waals surface area contributed by atoms with Crippen LogP contribution in [0.3, 0.4) is 0 Å². The second-order valence-electron chi connectivity index (χ2n) is 9.77. The second-order valence-corrected chi connectivity index (χ2v) is 9.77. The lowest BCUT2D eigenvalue weighted by molar-refractivity contribution is 0.0480. The SMILES string of the molecule is COc1nc(OC)nc(-c2ccc3c(c2)-c2cc(-c4nc(-c5ccccc5)nc(-c5ccccc5)n4)ccc2C3(F)F)n1. The van der Waals surface area contributed by atoms with E-state index in [0.717, 1.165) is 11.1 Å². The van der Waals surface area contributed by atoms with E-state index in [1.807, 2.05) is 60.7 Å². The molecule has 4 aromatic carbocycles. The number of hydrogen-bond acceptors (Lipinski definition) is 8. The molecule has 0 N–H and O–H groups in total. The van der Waals surface area contributed by atoms with Gasteiger partial charge in [0.15, 0.2) is 23.3 Å². The molecule has 6 aromatic rings. The highest BCUT2D eigenvalue weighted by atomic mass is 19.3. The van der Waals surface area contributed by atoms with E-state index in [2.05, 4.69) is 15.0 Å². The predicted molar refractivity (Wildman–Crippen MR) is 156 cm³/mol. The maximum absolute atomic E-state index is 15.7. The van der Waals surface area contributed by atoms with Crippen LogP contribution in [0.4, 0.5) is 8.78 Å². The molecule has 43 heavy (non-hydrogen) atoms. The molecule has 8 nitrogen and oxygen atoms in total. The first-order valence-electron chi connectivity index (χ1n) is 13.3. The fourth-order valence-electron chi connectivity index (χ4n) is 5.09. The molecule has 2 heterocycles. The summed E-state index contributed by atoms with van der Waals surface area (Å²) in [5.41, 5.74) is 3.23. The number of rotatable bonds is 6. The van der Waals surface area contributed by atoms with Crippen molar-refractivity contribution in [2.45, 2.75) is 5.92 Å². The van der Waals surface area contributed by atoms with Crippen LogP contribution in [0.25, 0.3) is 56.7 Å². The molecule has 0 atom stereocenters. The summed E-state index contributed by atoms with van der Waals surface area (Å²) in [6, 6.07) is 28.6. The average Bonchev–Trinajstić information content (AvgIpc) is 3.30. The van der Waals surface area contributed by atoms with Gasteiger partial charge in [-0.05, 0) is 23.3 Å². The minimum atomic E-state index is -3.19. The number of methoxy groups -OCH3 is 2. The minimum absolute atomic E-state index is 0.0497. The predicted octanol–water partition coefficient (Wildman–Crippen LogP) is 6.86. The molecular formula is C33H22F2N6O2. The van der Waals surface area contributed by atoms with E-state index in [9.17, 15) is 0 Å². The second kappa shape index (κ2) is 10.3. The van der Waals surface area contributed by atoms with Gasteiger partial charge in [-0.15, -0.1) is 4.98 Å². The van der Waals surface area contributed by atoms with Crippen LogP contribution in [0.15, 0.2) is 97.1 Å². The summed E-state index contributed by atoms with van der Waals surface area (Å²) in [7, 11) is 2.85. The van der Waals surface area contributed by atoms with Gasteiger partial charge in [0, 0.05) is 33.4 Å². The number of fused-ring (bicyclic) bond motifs is 3. The Bertz CT molecular complexity index is 1910. The average molecular weight is 573 g/mol. The molecule has 0 fully saturated rings. The van der Waals surface area contributed by atoms with Crippen LogP contribution in [0.2, 0.25) is 0 Å². The smallest absolute Gasteiger partial charge is 0.322 e. The first-order valence-corrected chi connectivity index (χ1v) is 13.3. The highest BCUT2D eigenvalue weighted by Gasteiger charge is 2.44. The van der Waals surface area contributed by atoms with Crippen molar-refractivity contribution >= 4 is 0 Å². The fourth-order valence-corrected chi connectivity index (χ4v) is 5.09. The van der Waals surface area contributed by atoms with E-state index < -0.39 is 5.92 Å². The van der Waals surface area contributed by atoms with Crippen molar-refractivity contribution in [2.24, 2.45) is 0 Å². The lowest BCUT2D eigenvalue weighted by Crippen LogP contribution is -2.10. The van der Waals surface area contributed by atoms with Gasteiger partial charge < -0.3 is 9.47 Å². The molecule has 0 spiro atoms. The van der Waals surface area contributed by atoms with Gasteiger partial charge in [0.25, 0.3) is 5.92 Å². The van der Waals surface area contributed by atoms with Gasteiger partial charge in [0.2, 0.25) is 0 Å².